The Kier molecular flexibility index (Phi) is 2.17. The van der Waals surface area contributed by atoms with Gasteiger partial charge in [0.15, 0.2) is 5.78 Å². The highest BCUT2D eigenvalue weighted by molar-refractivity contribution is 6.03. The molecule has 1 aromatic carbocycles. The molecule has 3 atom stereocenters. The van der Waals surface area contributed by atoms with Crippen molar-refractivity contribution >= 4 is 18.0 Å². The number of carbonyl (C=O) groups excluding carboxylic acids is 3. The maximum atomic E-state index is 12.1. The Morgan fingerprint density at radius 3 is 2.83 bits per heavy atom. The maximum Gasteiger partial charge on any atom is 0.231 e. The standard InChI is InChI=1S/C14H13NO3/c1-8(17)14-11-5-3-2-4-9(11)6-12(14)10(7-16)13(18)15-14/h2-5,7,10,12H,6H2,1H3,(H,15,18). The molecule has 0 saturated carbocycles. The van der Waals surface area contributed by atoms with Gasteiger partial charge < -0.3 is 10.1 Å². The molecular formula is C14H13NO3. The molecule has 1 heterocycles. The molecule has 1 aromatic rings. The van der Waals surface area contributed by atoms with Crippen molar-refractivity contribution in [2.24, 2.45) is 11.8 Å². The van der Waals surface area contributed by atoms with Crippen molar-refractivity contribution in [1.82, 2.24) is 5.32 Å². The highest BCUT2D eigenvalue weighted by Gasteiger charge is 2.60. The molecule has 3 unspecified atom stereocenters. The van der Waals surface area contributed by atoms with E-state index in [9.17, 15) is 14.4 Å². The van der Waals surface area contributed by atoms with Gasteiger partial charge in [-0.3, -0.25) is 9.59 Å². The van der Waals surface area contributed by atoms with Crippen LogP contribution in [0.5, 0.6) is 0 Å². The summed E-state index contributed by atoms with van der Waals surface area (Å²) in [5, 5.41) is 2.77. The molecule has 1 aliphatic carbocycles. The number of carbonyl (C=O) groups is 3. The van der Waals surface area contributed by atoms with Crippen molar-refractivity contribution in [2.45, 2.75) is 18.9 Å². The zero-order chi connectivity index (χ0) is 12.9. The minimum Gasteiger partial charge on any atom is -0.339 e. The number of rotatable bonds is 2. The van der Waals surface area contributed by atoms with Gasteiger partial charge in [0.05, 0.1) is 5.92 Å². The highest BCUT2D eigenvalue weighted by Crippen LogP contribution is 2.49. The summed E-state index contributed by atoms with van der Waals surface area (Å²) >= 11 is 0. The van der Waals surface area contributed by atoms with E-state index in [0.717, 1.165) is 11.1 Å². The van der Waals surface area contributed by atoms with Crippen LogP contribution in [0, 0.1) is 11.8 Å². The van der Waals surface area contributed by atoms with Crippen LogP contribution in [0.1, 0.15) is 18.1 Å². The minimum atomic E-state index is -0.987. The first-order valence-electron chi connectivity index (χ1n) is 5.98. The van der Waals surface area contributed by atoms with Crippen molar-refractivity contribution in [3.8, 4) is 0 Å². The molecule has 1 amide bonds. The van der Waals surface area contributed by atoms with E-state index in [4.69, 9.17) is 0 Å². The quantitative estimate of drug-likeness (QED) is 0.610. The van der Waals surface area contributed by atoms with E-state index >= 15 is 0 Å². The summed E-state index contributed by atoms with van der Waals surface area (Å²) in [5.74, 6) is -1.44. The normalized spacial score (nSPS) is 32.6. The van der Waals surface area contributed by atoms with Crippen LogP contribution in [0.4, 0.5) is 0 Å². The van der Waals surface area contributed by atoms with Gasteiger partial charge in [-0.25, -0.2) is 0 Å². The van der Waals surface area contributed by atoms with E-state index in [1.165, 1.54) is 6.92 Å². The SMILES string of the molecule is CC(=O)C12NC(=O)C(C=O)C1Cc1ccccc12. The van der Waals surface area contributed by atoms with Crippen LogP contribution in [-0.2, 0) is 26.3 Å². The monoisotopic (exact) mass is 243 g/mol. The number of hydrogen-bond donors (Lipinski definition) is 1. The molecule has 3 rings (SSSR count). The first-order valence-corrected chi connectivity index (χ1v) is 5.98. The highest BCUT2D eigenvalue weighted by atomic mass is 16.2. The van der Waals surface area contributed by atoms with E-state index in [2.05, 4.69) is 5.32 Å². The number of fused-ring (bicyclic) bond motifs is 3. The second kappa shape index (κ2) is 3.51. The van der Waals surface area contributed by atoms with E-state index in [1.807, 2.05) is 24.3 Å². The lowest BCUT2D eigenvalue weighted by atomic mass is 9.78. The third-order valence-electron chi connectivity index (χ3n) is 4.20. The van der Waals surface area contributed by atoms with Crippen molar-refractivity contribution in [3.63, 3.8) is 0 Å². The third-order valence-corrected chi connectivity index (χ3v) is 4.20. The lowest BCUT2D eigenvalue weighted by Gasteiger charge is -2.27. The lowest BCUT2D eigenvalue weighted by molar-refractivity contribution is -0.129. The van der Waals surface area contributed by atoms with Crippen LogP contribution in [-0.4, -0.2) is 18.0 Å². The molecule has 1 N–H and O–H groups in total. The van der Waals surface area contributed by atoms with Gasteiger partial charge in [-0.1, -0.05) is 24.3 Å². The molecule has 4 heteroatoms. The van der Waals surface area contributed by atoms with Crippen molar-refractivity contribution in [2.75, 3.05) is 0 Å². The van der Waals surface area contributed by atoms with Crippen molar-refractivity contribution in [3.05, 3.63) is 35.4 Å². The van der Waals surface area contributed by atoms with Crippen LogP contribution < -0.4 is 5.32 Å². The summed E-state index contributed by atoms with van der Waals surface area (Å²) in [4.78, 5) is 35.0. The number of aldehydes is 1. The maximum absolute atomic E-state index is 12.1. The Morgan fingerprint density at radius 1 is 1.44 bits per heavy atom. The van der Waals surface area contributed by atoms with Gasteiger partial charge in [-0.2, -0.15) is 0 Å². The molecule has 92 valence electrons. The predicted octanol–water partition coefficient (Wildman–Crippen LogP) is 0.588. The molecule has 1 aliphatic heterocycles. The summed E-state index contributed by atoms with van der Waals surface area (Å²) < 4.78 is 0. The summed E-state index contributed by atoms with van der Waals surface area (Å²) in [5.41, 5.74) is 0.906. The van der Waals surface area contributed by atoms with E-state index in [0.29, 0.717) is 12.7 Å². The zero-order valence-electron chi connectivity index (χ0n) is 9.97. The average Bonchev–Trinajstić information content (AvgIpc) is 2.80. The molecule has 1 fully saturated rings. The van der Waals surface area contributed by atoms with E-state index in [-0.39, 0.29) is 17.6 Å². The molecule has 0 spiro atoms. The van der Waals surface area contributed by atoms with Gasteiger partial charge in [0.2, 0.25) is 5.91 Å². The van der Waals surface area contributed by atoms with Gasteiger partial charge in [-0.05, 0) is 24.5 Å². The van der Waals surface area contributed by atoms with Crippen LogP contribution in [0.15, 0.2) is 24.3 Å². The third kappa shape index (κ3) is 1.12. The largest absolute Gasteiger partial charge is 0.339 e. The Hall–Kier alpha value is -1.97. The molecule has 0 aromatic heterocycles. The fourth-order valence-electron chi connectivity index (χ4n) is 3.38. The van der Waals surface area contributed by atoms with E-state index in [1.54, 1.807) is 0 Å². The minimum absolute atomic E-state index is 0.102. The smallest absolute Gasteiger partial charge is 0.231 e. The van der Waals surface area contributed by atoms with Crippen LogP contribution in [0.25, 0.3) is 0 Å². The predicted molar refractivity (Wildman–Crippen MR) is 63.7 cm³/mol. The summed E-state index contributed by atoms with van der Waals surface area (Å²) in [7, 11) is 0. The Labute approximate surface area is 104 Å². The molecule has 0 radical (unpaired) electrons. The first kappa shape index (κ1) is 11.1. The molecule has 0 bridgehead atoms. The lowest BCUT2D eigenvalue weighted by Crippen LogP contribution is -2.46. The number of ketones is 1. The topological polar surface area (TPSA) is 63.2 Å². The van der Waals surface area contributed by atoms with Crippen LogP contribution in [0.3, 0.4) is 0 Å². The first-order chi connectivity index (χ1) is 8.61. The van der Waals surface area contributed by atoms with Gasteiger partial charge in [0.1, 0.15) is 11.8 Å². The summed E-state index contributed by atoms with van der Waals surface area (Å²) in [6.07, 6.45) is 1.26. The Bertz CT molecular complexity index is 566. The van der Waals surface area contributed by atoms with Crippen LogP contribution >= 0.6 is 0 Å². The fourth-order valence-corrected chi connectivity index (χ4v) is 3.38. The second-order valence-electron chi connectivity index (χ2n) is 4.98. The Balaban J connectivity index is 2.23. The van der Waals surface area contributed by atoms with Gasteiger partial charge in [0.25, 0.3) is 0 Å². The zero-order valence-corrected chi connectivity index (χ0v) is 9.97. The van der Waals surface area contributed by atoms with Crippen molar-refractivity contribution < 1.29 is 14.4 Å². The molecule has 1 saturated heterocycles. The van der Waals surface area contributed by atoms with Gasteiger partial charge >= 0.3 is 0 Å². The number of nitrogens with one attached hydrogen (secondary N) is 1. The Morgan fingerprint density at radius 2 is 2.17 bits per heavy atom. The molecular weight excluding hydrogens is 230 g/mol. The molecule has 2 aliphatic rings. The molecule has 4 nitrogen and oxygen atoms in total. The number of benzene rings is 1. The van der Waals surface area contributed by atoms with Crippen molar-refractivity contribution in [1.29, 1.82) is 0 Å². The number of amides is 1. The summed E-state index contributed by atoms with van der Waals surface area (Å²) in [6, 6.07) is 7.58. The number of hydrogen-bond acceptors (Lipinski definition) is 3. The fraction of sp³-hybridized carbons (Fsp3) is 0.357. The van der Waals surface area contributed by atoms with Gasteiger partial charge in [-0.15, -0.1) is 0 Å². The number of Topliss-reactive ketones (excluding diaryl/α,β-unsaturated/α-hetero) is 1. The average molecular weight is 243 g/mol. The second-order valence-corrected chi connectivity index (χ2v) is 4.98. The van der Waals surface area contributed by atoms with Crippen LogP contribution in [0.2, 0.25) is 0 Å². The van der Waals surface area contributed by atoms with E-state index < -0.39 is 11.5 Å². The van der Waals surface area contributed by atoms with Gasteiger partial charge in [0, 0.05) is 5.92 Å². The molecule has 18 heavy (non-hydrogen) atoms. The summed E-state index contributed by atoms with van der Waals surface area (Å²) in [6.45, 7) is 1.47.